The summed E-state index contributed by atoms with van der Waals surface area (Å²) in [6.45, 7) is 3.82. The summed E-state index contributed by atoms with van der Waals surface area (Å²) >= 11 is 0. The zero-order valence-corrected chi connectivity index (χ0v) is 6.73. The van der Waals surface area contributed by atoms with Crippen LogP contribution in [0.4, 0.5) is 0 Å². The number of rotatable bonds is 0. The number of allylic oxidation sites excluding steroid dienone is 2. The fraction of sp³-hybridized carbons (Fsp3) is 0.700. The minimum Gasteiger partial charge on any atom is -0.0850 e. The van der Waals surface area contributed by atoms with E-state index < -0.39 is 0 Å². The summed E-state index contributed by atoms with van der Waals surface area (Å²) in [4.78, 5) is 0. The van der Waals surface area contributed by atoms with Gasteiger partial charge in [-0.05, 0) is 32.6 Å². The minimum atomic E-state index is 1.31. The van der Waals surface area contributed by atoms with E-state index in [9.17, 15) is 0 Å². The SMILES string of the molecule is [CH2]C=C1CCCCCCC1. The Hall–Kier alpha value is -0.260. The highest BCUT2D eigenvalue weighted by Gasteiger charge is 2.00. The maximum atomic E-state index is 3.82. The van der Waals surface area contributed by atoms with Gasteiger partial charge < -0.3 is 0 Å². The van der Waals surface area contributed by atoms with Crippen molar-refractivity contribution in [3.8, 4) is 0 Å². The van der Waals surface area contributed by atoms with Crippen LogP contribution in [0.15, 0.2) is 11.6 Å². The molecule has 57 valence electrons. The summed E-state index contributed by atoms with van der Waals surface area (Å²) in [6, 6.07) is 0. The molecular formula is C10H17. The summed E-state index contributed by atoms with van der Waals surface area (Å²) in [7, 11) is 0. The molecule has 0 aromatic heterocycles. The van der Waals surface area contributed by atoms with Crippen molar-refractivity contribution in [1.29, 1.82) is 0 Å². The Kier molecular flexibility index (Phi) is 3.56. The molecule has 0 nitrogen and oxygen atoms in total. The maximum absolute atomic E-state index is 3.82. The normalized spacial score (nSPS) is 21.5. The second-order valence-corrected chi connectivity index (χ2v) is 3.13. The highest BCUT2D eigenvalue weighted by molar-refractivity contribution is 5.03. The third kappa shape index (κ3) is 2.55. The largest absolute Gasteiger partial charge is 0.0850 e. The molecular weight excluding hydrogens is 120 g/mol. The van der Waals surface area contributed by atoms with Gasteiger partial charge in [0.2, 0.25) is 0 Å². The van der Waals surface area contributed by atoms with Gasteiger partial charge in [-0.25, -0.2) is 0 Å². The monoisotopic (exact) mass is 137 g/mol. The van der Waals surface area contributed by atoms with Crippen molar-refractivity contribution in [2.45, 2.75) is 44.9 Å². The molecule has 1 saturated carbocycles. The standard InChI is InChI=1S/C10H17/c1-2-10-8-6-4-3-5-7-9-10/h2H,1,3-9H2. The van der Waals surface area contributed by atoms with E-state index in [1.807, 2.05) is 0 Å². The number of hydrogen-bond acceptors (Lipinski definition) is 0. The third-order valence-electron chi connectivity index (χ3n) is 2.28. The van der Waals surface area contributed by atoms with Gasteiger partial charge in [-0.3, -0.25) is 0 Å². The Labute approximate surface area is 64.3 Å². The van der Waals surface area contributed by atoms with Crippen molar-refractivity contribution in [2.75, 3.05) is 0 Å². The van der Waals surface area contributed by atoms with E-state index in [1.165, 1.54) is 44.9 Å². The molecule has 0 unspecified atom stereocenters. The molecule has 0 heteroatoms. The first-order valence-electron chi connectivity index (χ1n) is 4.40. The van der Waals surface area contributed by atoms with E-state index in [0.717, 1.165) is 0 Å². The molecule has 10 heavy (non-hydrogen) atoms. The Morgan fingerprint density at radius 2 is 1.40 bits per heavy atom. The van der Waals surface area contributed by atoms with Gasteiger partial charge in [-0.15, -0.1) is 0 Å². The van der Waals surface area contributed by atoms with E-state index in [-0.39, 0.29) is 0 Å². The van der Waals surface area contributed by atoms with Crippen LogP contribution in [0.5, 0.6) is 0 Å². The summed E-state index contributed by atoms with van der Waals surface area (Å²) in [5.74, 6) is 0. The van der Waals surface area contributed by atoms with Crippen molar-refractivity contribution in [3.05, 3.63) is 18.6 Å². The van der Waals surface area contributed by atoms with Gasteiger partial charge in [0.05, 0.1) is 0 Å². The van der Waals surface area contributed by atoms with Gasteiger partial charge in [0.25, 0.3) is 0 Å². The van der Waals surface area contributed by atoms with Crippen LogP contribution in [0.2, 0.25) is 0 Å². The van der Waals surface area contributed by atoms with Crippen molar-refractivity contribution < 1.29 is 0 Å². The highest BCUT2D eigenvalue weighted by Crippen LogP contribution is 2.20. The second-order valence-electron chi connectivity index (χ2n) is 3.13. The summed E-state index contributed by atoms with van der Waals surface area (Å²) in [6.07, 6.45) is 11.8. The molecule has 1 radical (unpaired) electrons. The lowest BCUT2D eigenvalue weighted by molar-refractivity contribution is 0.568. The zero-order valence-electron chi connectivity index (χ0n) is 6.73. The molecule has 0 aromatic carbocycles. The van der Waals surface area contributed by atoms with Crippen molar-refractivity contribution in [2.24, 2.45) is 0 Å². The van der Waals surface area contributed by atoms with Gasteiger partial charge in [0.15, 0.2) is 0 Å². The molecule has 1 rings (SSSR count). The fourth-order valence-corrected chi connectivity index (χ4v) is 1.56. The Balaban J connectivity index is 2.30. The van der Waals surface area contributed by atoms with Crippen LogP contribution in [0.3, 0.4) is 0 Å². The maximum Gasteiger partial charge on any atom is -0.0313 e. The van der Waals surface area contributed by atoms with Gasteiger partial charge in [0.1, 0.15) is 0 Å². The van der Waals surface area contributed by atoms with Crippen LogP contribution in [0.25, 0.3) is 0 Å². The molecule has 0 amide bonds. The van der Waals surface area contributed by atoms with E-state index in [2.05, 4.69) is 13.0 Å². The molecule has 0 N–H and O–H groups in total. The van der Waals surface area contributed by atoms with Crippen LogP contribution < -0.4 is 0 Å². The van der Waals surface area contributed by atoms with Gasteiger partial charge in [-0.1, -0.05) is 30.9 Å². The Morgan fingerprint density at radius 3 is 1.90 bits per heavy atom. The highest BCUT2D eigenvalue weighted by atomic mass is 14.1. The molecule has 1 aliphatic rings. The lowest BCUT2D eigenvalue weighted by Gasteiger charge is -2.10. The summed E-state index contributed by atoms with van der Waals surface area (Å²) < 4.78 is 0. The first kappa shape index (κ1) is 7.84. The predicted molar refractivity (Wildman–Crippen MR) is 45.8 cm³/mol. The van der Waals surface area contributed by atoms with Crippen LogP contribution in [0, 0.1) is 6.92 Å². The average Bonchev–Trinajstić information content (AvgIpc) is 1.87. The lowest BCUT2D eigenvalue weighted by atomic mass is 9.96. The zero-order chi connectivity index (χ0) is 7.23. The van der Waals surface area contributed by atoms with Crippen molar-refractivity contribution >= 4 is 0 Å². The molecule has 0 bridgehead atoms. The van der Waals surface area contributed by atoms with Gasteiger partial charge >= 0.3 is 0 Å². The molecule has 0 atom stereocenters. The predicted octanol–water partition coefficient (Wildman–Crippen LogP) is 3.49. The molecule has 1 aliphatic carbocycles. The number of hydrogen-bond donors (Lipinski definition) is 0. The molecule has 0 aliphatic heterocycles. The van der Waals surface area contributed by atoms with E-state index in [4.69, 9.17) is 0 Å². The smallest absolute Gasteiger partial charge is 0.0313 e. The quantitative estimate of drug-likeness (QED) is 0.479. The Bertz CT molecular complexity index is 101. The first-order valence-corrected chi connectivity index (χ1v) is 4.40. The van der Waals surface area contributed by atoms with Crippen LogP contribution in [0.1, 0.15) is 44.9 Å². The fourth-order valence-electron chi connectivity index (χ4n) is 1.56. The summed E-state index contributed by atoms with van der Waals surface area (Å²) in [5, 5.41) is 0. The molecule has 0 spiro atoms. The van der Waals surface area contributed by atoms with Gasteiger partial charge in [0, 0.05) is 0 Å². The second kappa shape index (κ2) is 4.54. The van der Waals surface area contributed by atoms with Crippen LogP contribution >= 0.6 is 0 Å². The average molecular weight is 137 g/mol. The Morgan fingerprint density at radius 1 is 0.900 bits per heavy atom. The molecule has 0 aromatic rings. The van der Waals surface area contributed by atoms with Crippen LogP contribution in [-0.4, -0.2) is 0 Å². The van der Waals surface area contributed by atoms with Crippen molar-refractivity contribution in [3.63, 3.8) is 0 Å². The van der Waals surface area contributed by atoms with Crippen LogP contribution in [-0.2, 0) is 0 Å². The van der Waals surface area contributed by atoms with Crippen molar-refractivity contribution in [1.82, 2.24) is 0 Å². The topological polar surface area (TPSA) is 0 Å². The first-order chi connectivity index (χ1) is 4.93. The van der Waals surface area contributed by atoms with Gasteiger partial charge in [-0.2, -0.15) is 0 Å². The van der Waals surface area contributed by atoms with E-state index in [1.54, 1.807) is 5.57 Å². The summed E-state index contributed by atoms with van der Waals surface area (Å²) in [5.41, 5.74) is 1.58. The third-order valence-corrected chi connectivity index (χ3v) is 2.28. The van der Waals surface area contributed by atoms with E-state index >= 15 is 0 Å². The molecule has 0 saturated heterocycles. The van der Waals surface area contributed by atoms with E-state index in [0.29, 0.717) is 0 Å². The molecule has 0 heterocycles. The minimum absolute atomic E-state index is 1.31. The lowest BCUT2D eigenvalue weighted by Crippen LogP contribution is -1.90. The molecule has 1 fully saturated rings.